The van der Waals surface area contributed by atoms with E-state index in [2.05, 4.69) is 31.9 Å². The minimum atomic E-state index is -1.85. The molecule has 1 fully saturated rings. The van der Waals surface area contributed by atoms with E-state index in [-0.39, 0.29) is 44.4 Å². The van der Waals surface area contributed by atoms with Gasteiger partial charge in [-0.3, -0.25) is 38.4 Å². The van der Waals surface area contributed by atoms with Crippen molar-refractivity contribution in [2.75, 3.05) is 13.1 Å². The number of aromatic hydroxyl groups is 1. The van der Waals surface area contributed by atoms with Crippen molar-refractivity contribution in [1.82, 2.24) is 36.8 Å². The van der Waals surface area contributed by atoms with Crippen LogP contribution in [-0.2, 0) is 62.4 Å². The van der Waals surface area contributed by atoms with Crippen LogP contribution in [0.5, 0.6) is 5.75 Å². The number of hydrogen-bond acceptors (Lipinski definition) is 13. The Kier molecular flexibility index (Phi) is 20.6. The van der Waals surface area contributed by atoms with E-state index in [0.29, 0.717) is 16.7 Å². The molecule has 3 aromatic rings. The Balaban J connectivity index is 1.62. The molecule has 13 N–H and O–H groups in total. The summed E-state index contributed by atoms with van der Waals surface area (Å²) < 4.78 is 0. The van der Waals surface area contributed by atoms with Crippen molar-refractivity contribution in [1.29, 1.82) is 0 Å². The van der Waals surface area contributed by atoms with Crippen LogP contribution in [0, 0.1) is 0 Å². The molecule has 0 aliphatic carbocycles. The number of aliphatic carboxylic acids is 2. The summed E-state index contributed by atoms with van der Waals surface area (Å²) in [6, 6.07) is 12.4. The molecule has 69 heavy (non-hydrogen) atoms. The second-order valence-electron chi connectivity index (χ2n) is 16.7. The summed E-state index contributed by atoms with van der Waals surface area (Å²) in [5.74, 6) is -9.27. The summed E-state index contributed by atoms with van der Waals surface area (Å²) in [6.07, 6.45) is -4.33. The zero-order valence-electron chi connectivity index (χ0n) is 38.1. The molecule has 22 nitrogen and oxygen atoms in total. The molecule has 1 heterocycles. The molecular formula is C47H60N8O14. The normalized spacial score (nSPS) is 16.7. The third kappa shape index (κ3) is 16.7. The standard InChI is InChI=1S/C47H60N8O14/c1-26(56)39(45(66)50-32(19-20-38(60)61)46(67)55-21-9-14-36(55)44(65)54-40(27(2)57)47(68)69)53-43(64)35(24-30-15-17-31(58)18-16-30)52-42(63)34(23-29-12-7-4-8-13-29)51-41(62)33(49-37(59)25-48)22-28-10-5-3-6-11-28/h3-8,10-13,15-18,26-27,32-36,39-40,56-58H,9,14,19-25,48H2,1-2H3,(H,49,59)(H,50,66)(H,51,62)(H,52,63)(H,53,64)(H,54,65)(H,60,61)(H,68,69). The van der Waals surface area contributed by atoms with Crippen LogP contribution in [-0.4, -0.2) is 151 Å². The third-order valence-corrected chi connectivity index (χ3v) is 11.3. The van der Waals surface area contributed by atoms with Gasteiger partial charge in [0, 0.05) is 32.2 Å². The molecule has 3 aromatic carbocycles. The number of carboxylic acid groups (broad SMARTS) is 2. The molecule has 0 radical (unpaired) electrons. The van der Waals surface area contributed by atoms with Gasteiger partial charge in [0.15, 0.2) is 6.04 Å². The fourth-order valence-corrected chi connectivity index (χ4v) is 7.58. The summed E-state index contributed by atoms with van der Waals surface area (Å²) in [5, 5.41) is 64.6. The Labute approximate surface area is 397 Å². The van der Waals surface area contributed by atoms with Gasteiger partial charge in [-0.25, -0.2) is 4.79 Å². The highest BCUT2D eigenvalue weighted by Crippen LogP contribution is 2.21. The minimum Gasteiger partial charge on any atom is -0.508 e. The van der Waals surface area contributed by atoms with Crippen LogP contribution >= 0.6 is 0 Å². The maximum Gasteiger partial charge on any atom is 0.328 e. The van der Waals surface area contributed by atoms with E-state index in [9.17, 15) is 68.7 Å². The van der Waals surface area contributed by atoms with E-state index in [4.69, 9.17) is 5.73 Å². The number of rotatable bonds is 25. The molecule has 0 aromatic heterocycles. The lowest BCUT2D eigenvalue weighted by atomic mass is 10.0. The average Bonchev–Trinajstić information content (AvgIpc) is 3.81. The van der Waals surface area contributed by atoms with Crippen LogP contribution in [0.4, 0.5) is 0 Å². The summed E-state index contributed by atoms with van der Waals surface area (Å²) >= 11 is 0. The topological polar surface area (TPSA) is 356 Å². The summed E-state index contributed by atoms with van der Waals surface area (Å²) in [6.45, 7) is 1.83. The molecule has 7 amide bonds. The molecule has 0 bridgehead atoms. The number of aliphatic hydroxyl groups excluding tert-OH is 2. The molecule has 9 unspecified atom stereocenters. The molecule has 22 heteroatoms. The Hall–Kier alpha value is -7.43. The number of hydrogen-bond donors (Lipinski definition) is 12. The van der Waals surface area contributed by atoms with E-state index < -0.39 is 127 Å². The summed E-state index contributed by atoms with van der Waals surface area (Å²) in [4.78, 5) is 121. The van der Waals surface area contributed by atoms with Crippen LogP contribution < -0.4 is 37.6 Å². The van der Waals surface area contributed by atoms with E-state index in [1.54, 1.807) is 60.7 Å². The number of nitrogens with two attached hydrogens (primary N) is 1. The smallest absolute Gasteiger partial charge is 0.328 e. The van der Waals surface area contributed by atoms with Gasteiger partial charge in [0.1, 0.15) is 42.0 Å². The predicted molar refractivity (Wildman–Crippen MR) is 245 cm³/mol. The number of carbonyl (C=O) groups excluding carboxylic acids is 7. The van der Waals surface area contributed by atoms with Crippen molar-refractivity contribution in [2.24, 2.45) is 5.73 Å². The number of aliphatic hydroxyl groups is 2. The molecule has 4 rings (SSSR count). The van der Waals surface area contributed by atoms with E-state index >= 15 is 0 Å². The van der Waals surface area contributed by atoms with Crippen molar-refractivity contribution in [3.8, 4) is 5.75 Å². The zero-order chi connectivity index (χ0) is 50.8. The van der Waals surface area contributed by atoms with Crippen LogP contribution in [0.3, 0.4) is 0 Å². The van der Waals surface area contributed by atoms with Gasteiger partial charge >= 0.3 is 11.9 Å². The van der Waals surface area contributed by atoms with Crippen molar-refractivity contribution in [2.45, 2.75) is 113 Å². The molecule has 0 spiro atoms. The van der Waals surface area contributed by atoms with E-state index in [1.807, 2.05) is 0 Å². The van der Waals surface area contributed by atoms with Gasteiger partial charge in [-0.05, 0) is 61.9 Å². The first kappa shape index (κ1) is 54.2. The first-order valence-corrected chi connectivity index (χ1v) is 22.3. The van der Waals surface area contributed by atoms with Gasteiger partial charge < -0.3 is 68.1 Å². The molecule has 372 valence electrons. The second-order valence-corrected chi connectivity index (χ2v) is 16.7. The number of likely N-dealkylation sites (tertiary alicyclic amines) is 1. The molecule has 9 atom stereocenters. The van der Waals surface area contributed by atoms with Gasteiger partial charge in [-0.15, -0.1) is 0 Å². The highest BCUT2D eigenvalue weighted by molar-refractivity contribution is 5.98. The largest absolute Gasteiger partial charge is 0.508 e. The summed E-state index contributed by atoms with van der Waals surface area (Å²) in [5.41, 5.74) is 7.25. The fraction of sp³-hybridized carbons (Fsp3) is 0.426. The number of phenols is 1. The lowest BCUT2D eigenvalue weighted by molar-refractivity contribution is -0.147. The van der Waals surface area contributed by atoms with Crippen LogP contribution in [0.1, 0.15) is 56.2 Å². The Morgan fingerprint density at radius 2 is 1.07 bits per heavy atom. The number of carbonyl (C=O) groups is 9. The fourth-order valence-electron chi connectivity index (χ4n) is 7.58. The van der Waals surface area contributed by atoms with Crippen molar-refractivity contribution in [3.63, 3.8) is 0 Å². The highest BCUT2D eigenvalue weighted by atomic mass is 16.4. The zero-order valence-corrected chi connectivity index (χ0v) is 38.1. The average molecular weight is 961 g/mol. The van der Waals surface area contributed by atoms with Gasteiger partial charge in [-0.1, -0.05) is 72.8 Å². The third-order valence-electron chi connectivity index (χ3n) is 11.3. The number of nitrogens with one attached hydrogen (secondary N) is 6. The van der Waals surface area contributed by atoms with Gasteiger partial charge in [0.05, 0.1) is 18.8 Å². The summed E-state index contributed by atoms with van der Waals surface area (Å²) in [7, 11) is 0. The maximum absolute atomic E-state index is 14.4. The Bertz CT molecular complexity index is 2260. The van der Waals surface area contributed by atoms with Gasteiger partial charge in [0.2, 0.25) is 41.4 Å². The van der Waals surface area contributed by atoms with E-state index in [0.717, 1.165) is 18.7 Å². The number of carboxylic acids is 2. The second kappa shape index (κ2) is 26.2. The number of amides is 7. The number of benzene rings is 3. The maximum atomic E-state index is 14.4. The number of phenolic OH excluding ortho intramolecular Hbond substituents is 1. The van der Waals surface area contributed by atoms with Gasteiger partial charge in [0.25, 0.3) is 0 Å². The Morgan fingerprint density at radius 3 is 1.54 bits per heavy atom. The molecule has 1 saturated heterocycles. The van der Waals surface area contributed by atoms with Crippen LogP contribution in [0.25, 0.3) is 0 Å². The molecule has 1 aliphatic heterocycles. The quantitative estimate of drug-likeness (QED) is 0.0437. The predicted octanol–water partition coefficient (Wildman–Crippen LogP) is -2.01. The highest BCUT2D eigenvalue weighted by Gasteiger charge is 2.41. The monoisotopic (exact) mass is 960 g/mol. The van der Waals surface area contributed by atoms with Crippen molar-refractivity contribution >= 4 is 53.3 Å². The van der Waals surface area contributed by atoms with Crippen LogP contribution in [0.15, 0.2) is 84.9 Å². The lowest BCUT2D eigenvalue weighted by Gasteiger charge is -2.31. The van der Waals surface area contributed by atoms with Crippen LogP contribution in [0.2, 0.25) is 0 Å². The lowest BCUT2D eigenvalue weighted by Crippen LogP contribution is -2.62. The van der Waals surface area contributed by atoms with Crippen molar-refractivity contribution in [3.05, 3.63) is 102 Å². The molecular weight excluding hydrogens is 901 g/mol. The first-order valence-electron chi connectivity index (χ1n) is 22.3. The van der Waals surface area contributed by atoms with Gasteiger partial charge in [-0.2, -0.15) is 0 Å². The van der Waals surface area contributed by atoms with Crippen molar-refractivity contribution < 1.29 is 68.7 Å². The Morgan fingerprint density at radius 1 is 0.609 bits per heavy atom. The minimum absolute atomic E-state index is 0.0284. The SMILES string of the molecule is CC(O)C(NC(=O)C1CCCN1C(=O)C(CCC(=O)O)NC(=O)C(NC(=O)C(Cc1ccc(O)cc1)NC(=O)C(Cc1ccccc1)NC(=O)C(Cc1ccccc1)NC(=O)CN)C(C)O)C(=O)O. The molecule has 0 saturated carbocycles. The first-order chi connectivity index (χ1) is 32.8. The van der Waals surface area contributed by atoms with E-state index in [1.165, 1.54) is 24.3 Å². The number of nitrogens with zero attached hydrogens (tertiary/aromatic N) is 1. The molecule has 1 aliphatic rings.